The Morgan fingerprint density at radius 3 is 2.75 bits per heavy atom. The molecule has 0 aliphatic carbocycles. The van der Waals surface area contributed by atoms with Crippen LogP contribution in [-0.4, -0.2) is 48.4 Å². The fourth-order valence-electron chi connectivity index (χ4n) is 1.75. The van der Waals surface area contributed by atoms with E-state index in [0.717, 1.165) is 11.8 Å². The second kappa shape index (κ2) is 4.49. The van der Waals surface area contributed by atoms with Gasteiger partial charge in [-0.2, -0.15) is 0 Å². The van der Waals surface area contributed by atoms with Crippen molar-refractivity contribution in [2.75, 3.05) is 26.3 Å². The SMILES string of the molecule is Cc1cc(C(=O)N2CCOCC2)[nH]c1C=O. The number of H-pyrrole nitrogens is 1. The Morgan fingerprint density at radius 2 is 2.19 bits per heavy atom. The Labute approximate surface area is 93.4 Å². The number of hydrogen-bond donors (Lipinski definition) is 1. The minimum atomic E-state index is -0.0699. The lowest BCUT2D eigenvalue weighted by molar-refractivity contribution is 0.0299. The van der Waals surface area contributed by atoms with Gasteiger partial charge in [0.2, 0.25) is 0 Å². The predicted octanol–water partition coefficient (Wildman–Crippen LogP) is 0.608. The van der Waals surface area contributed by atoms with Crippen molar-refractivity contribution in [2.24, 2.45) is 0 Å². The van der Waals surface area contributed by atoms with Gasteiger partial charge in [0.15, 0.2) is 6.29 Å². The quantitative estimate of drug-likeness (QED) is 0.746. The Hall–Kier alpha value is -1.62. The van der Waals surface area contributed by atoms with Crippen LogP contribution in [0.1, 0.15) is 26.5 Å². The number of morpholine rings is 1. The number of nitrogens with zero attached hydrogens (tertiary/aromatic N) is 1. The molecule has 1 aromatic heterocycles. The van der Waals surface area contributed by atoms with Crippen LogP contribution < -0.4 is 0 Å². The van der Waals surface area contributed by atoms with Crippen LogP contribution in [0.5, 0.6) is 0 Å². The Morgan fingerprint density at radius 1 is 1.50 bits per heavy atom. The summed E-state index contributed by atoms with van der Waals surface area (Å²) < 4.78 is 5.18. The smallest absolute Gasteiger partial charge is 0.270 e. The monoisotopic (exact) mass is 222 g/mol. The van der Waals surface area contributed by atoms with E-state index >= 15 is 0 Å². The van der Waals surface area contributed by atoms with E-state index in [1.54, 1.807) is 17.9 Å². The summed E-state index contributed by atoms with van der Waals surface area (Å²) >= 11 is 0. The zero-order valence-electron chi connectivity index (χ0n) is 9.16. The van der Waals surface area contributed by atoms with Crippen LogP contribution in [0.15, 0.2) is 6.07 Å². The van der Waals surface area contributed by atoms with Crippen molar-refractivity contribution < 1.29 is 14.3 Å². The average molecular weight is 222 g/mol. The number of amides is 1. The maximum Gasteiger partial charge on any atom is 0.270 e. The molecule has 86 valence electrons. The van der Waals surface area contributed by atoms with Crippen LogP contribution in [0, 0.1) is 6.92 Å². The van der Waals surface area contributed by atoms with E-state index < -0.39 is 0 Å². The van der Waals surface area contributed by atoms with Gasteiger partial charge in [-0.05, 0) is 18.6 Å². The molecule has 0 atom stereocenters. The van der Waals surface area contributed by atoms with Crippen molar-refractivity contribution in [3.05, 3.63) is 23.0 Å². The van der Waals surface area contributed by atoms with Gasteiger partial charge in [0.1, 0.15) is 5.69 Å². The number of aryl methyl sites for hydroxylation is 1. The number of ether oxygens (including phenoxy) is 1. The summed E-state index contributed by atoms with van der Waals surface area (Å²) in [6.07, 6.45) is 0.728. The van der Waals surface area contributed by atoms with Gasteiger partial charge in [0.05, 0.1) is 18.9 Å². The summed E-state index contributed by atoms with van der Waals surface area (Å²) in [5.74, 6) is -0.0699. The first-order chi connectivity index (χ1) is 7.72. The van der Waals surface area contributed by atoms with Crippen molar-refractivity contribution in [1.29, 1.82) is 0 Å². The van der Waals surface area contributed by atoms with Gasteiger partial charge in [-0.1, -0.05) is 0 Å². The molecule has 1 saturated heterocycles. The van der Waals surface area contributed by atoms with Crippen molar-refractivity contribution in [1.82, 2.24) is 9.88 Å². The third-order valence-corrected chi connectivity index (χ3v) is 2.70. The fraction of sp³-hybridized carbons (Fsp3) is 0.455. The fourth-order valence-corrected chi connectivity index (χ4v) is 1.75. The Bertz CT molecular complexity index is 405. The third-order valence-electron chi connectivity index (χ3n) is 2.70. The van der Waals surface area contributed by atoms with Gasteiger partial charge >= 0.3 is 0 Å². The molecule has 0 unspecified atom stereocenters. The van der Waals surface area contributed by atoms with E-state index in [2.05, 4.69) is 4.98 Å². The standard InChI is InChI=1S/C11H14N2O3/c1-8-6-9(12-10(8)7-14)11(15)13-2-4-16-5-3-13/h6-7,12H,2-5H2,1H3. The van der Waals surface area contributed by atoms with E-state index in [1.807, 2.05) is 0 Å². The van der Waals surface area contributed by atoms with Crippen LogP contribution >= 0.6 is 0 Å². The first-order valence-electron chi connectivity index (χ1n) is 5.24. The molecule has 1 amide bonds. The molecule has 2 rings (SSSR count). The highest BCUT2D eigenvalue weighted by molar-refractivity contribution is 5.94. The molecule has 1 fully saturated rings. The third kappa shape index (κ3) is 1.99. The van der Waals surface area contributed by atoms with Crippen molar-refractivity contribution in [3.8, 4) is 0 Å². The predicted molar refractivity (Wildman–Crippen MR) is 57.6 cm³/mol. The number of carbonyl (C=O) groups is 2. The second-order valence-electron chi connectivity index (χ2n) is 3.80. The van der Waals surface area contributed by atoms with Crippen LogP contribution in [0.2, 0.25) is 0 Å². The van der Waals surface area contributed by atoms with Gasteiger partial charge in [-0.15, -0.1) is 0 Å². The normalized spacial score (nSPS) is 16.2. The molecule has 1 N–H and O–H groups in total. The van der Waals surface area contributed by atoms with Gasteiger partial charge < -0.3 is 14.6 Å². The molecule has 1 aromatic rings. The molecule has 0 saturated carbocycles. The molecule has 0 radical (unpaired) electrons. The Balaban J connectivity index is 2.16. The Kier molecular flexibility index (Phi) is 3.05. The summed E-state index contributed by atoms with van der Waals surface area (Å²) in [6.45, 7) is 4.16. The highest BCUT2D eigenvalue weighted by Gasteiger charge is 2.20. The second-order valence-corrected chi connectivity index (χ2v) is 3.80. The molecule has 0 aromatic carbocycles. The van der Waals surface area contributed by atoms with E-state index in [9.17, 15) is 9.59 Å². The van der Waals surface area contributed by atoms with E-state index in [4.69, 9.17) is 4.74 Å². The van der Waals surface area contributed by atoms with Crippen molar-refractivity contribution in [3.63, 3.8) is 0 Å². The zero-order valence-corrected chi connectivity index (χ0v) is 9.16. The highest BCUT2D eigenvalue weighted by Crippen LogP contribution is 2.11. The van der Waals surface area contributed by atoms with Gasteiger partial charge in [0, 0.05) is 13.1 Å². The lowest BCUT2D eigenvalue weighted by Crippen LogP contribution is -2.40. The summed E-state index contributed by atoms with van der Waals surface area (Å²) in [7, 11) is 0. The van der Waals surface area contributed by atoms with Crippen LogP contribution in [-0.2, 0) is 4.74 Å². The van der Waals surface area contributed by atoms with Gasteiger partial charge in [-0.25, -0.2) is 0 Å². The summed E-state index contributed by atoms with van der Waals surface area (Å²) in [4.78, 5) is 27.2. The minimum Gasteiger partial charge on any atom is -0.378 e. The average Bonchev–Trinajstić information content (AvgIpc) is 2.71. The highest BCUT2D eigenvalue weighted by atomic mass is 16.5. The molecule has 5 nitrogen and oxygen atoms in total. The number of aldehydes is 1. The topological polar surface area (TPSA) is 62.4 Å². The molecule has 2 heterocycles. The summed E-state index contributed by atoms with van der Waals surface area (Å²) in [5.41, 5.74) is 1.74. The number of rotatable bonds is 2. The van der Waals surface area contributed by atoms with Gasteiger partial charge in [-0.3, -0.25) is 9.59 Å². The number of nitrogens with one attached hydrogen (secondary N) is 1. The van der Waals surface area contributed by atoms with E-state index in [0.29, 0.717) is 37.7 Å². The van der Waals surface area contributed by atoms with Crippen molar-refractivity contribution in [2.45, 2.75) is 6.92 Å². The first kappa shape index (κ1) is 10.9. The first-order valence-corrected chi connectivity index (χ1v) is 5.24. The van der Waals surface area contributed by atoms with Gasteiger partial charge in [0.25, 0.3) is 5.91 Å². The molecular weight excluding hydrogens is 208 g/mol. The number of hydrogen-bond acceptors (Lipinski definition) is 3. The largest absolute Gasteiger partial charge is 0.378 e. The molecule has 1 aliphatic rings. The summed E-state index contributed by atoms with van der Waals surface area (Å²) in [5, 5.41) is 0. The molecule has 1 aliphatic heterocycles. The molecule has 16 heavy (non-hydrogen) atoms. The van der Waals surface area contributed by atoms with E-state index in [1.165, 1.54) is 0 Å². The summed E-state index contributed by atoms with van der Waals surface area (Å²) in [6, 6.07) is 1.71. The van der Waals surface area contributed by atoms with Crippen LogP contribution in [0.25, 0.3) is 0 Å². The number of carbonyl (C=O) groups excluding carboxylic acids is 2. The van der Waals surface area contributed by atoms with Crippen LogP contribution in [0.3, 0.4) is 0 Å². The number of aromatic nitrogens is 1. The maximum atomic E-state index is 12.0. The number of aromatic amines is 1. The zero-order chi connectivity index (χ0) is 11.5. The molecule has 0 bridgehead atoms. The lowest BCUT2D eigenvalue weighted by Gasteiger charge is -2.26. The van der Waals surface area contributed by atoms with Crippen molar-refractivity contribution >= 4 is 12.2 Å². The molecule has 0 spiro atoms. The molecule has 5 heteroatoms. The van der Waals surface area contributed by atoms with Crippen LogP contribution in [0.4, 0.5) is 0 Å². The molecular formula is C11H14N2O3. The minimum absolute atomic E-state index is 0.0699. The van der Waals surface area contributed by atoms with E-state index in [-0.39, 0.29) is 5.91 Å². The maximum absolute atomic E-state index is 12.0. The lowest BCUT2D eigenvalue weighted by atomic mass is 10.2.